The highest BCUT2D eigenvalue weighted by atomic mass is 16.3. The van der Waals surface area contributed by atoms with Crippen LogP contribution in [0.3, 0.4) is 0 Å². The van der Waals surface area contributed by atoms with E-state index in [-0.39, 0.29) is 6.10 Å². The molecule has 0 heterocycles. The molecule has 0 aromatic heterocycles. The number of rotatable bonds is 5. The smallest absolute Gasteiger partial charge is 0.0543 e. The minimum atomic E-state index is -0.105. The van der Waals surface area contributed by atoms with Crippen LogP contribution in [0.15, 0.2) is 0 Å². The Labute approximate surface area is 180 Å². The Morgan fingerprint density at radius 3 is 2.28 bits per heavy atom. The maximum Gasteiger partial charge on any atom is 0.0543 e. The van der Waals surface area contributed by atoms with Crippen LogP contribution in [-0.4, -0.2) is 17.3 Å². The van der Waals surface area contributed by atoms with Gasteiger partial charge in [-0.05, 0) is 104 Å². The summed E-state index contributed by atoms with van der Waals surface area (Å²) in [5.74, 6) is 5.79. The van der Waals surface area contributed by atoms with E-state index in [1.165, 1.54) is 57.8 Å². The molecule has 0 aromatic rings. The predicted molar refractivity (Wildman–Crippen MR) is 122 cm³/mol. The van der Waals surface area contributed by atoms with Crippen molar-refractivity contribution in [2.45, 2.75) is 117 Å². The first-order valence-electron chi connectivity index (χ1n) is 13.1. The Bertz CT molecular complexity index is 575. The van der Waals surface area contributed by atoms with Crippen LogP contribution in [0, 0.1) is 52.3 Å². The van der Waals surface area contributed by atoms with E-state index in [1.807, 2.05) is 0 Å². The van der Waals surface area contributed by atoms with E-state index in [4.69, 9.17) is 5.73 Å². The van der Waals surface area contributed by atoms with Gasteiger partial charge in [0.15, 0.2) is 0 Å². The molecule has 4 aliphatic carbocycles. The summed E-state index contributed by atoms with van der Waals surface area (Å²) in [7, 11) is 0. The first-order valence-corrected chi connectivity index (χ1v) is 13.1. The van der Waals surface area contributed by atoms with Crippen molar-refractivity contribution in [3.05, 3.63) is 0 Å². The molecule has 29 heavy (non-hydrogen) atoms. The van der Waals surface area contributed by atoms with E-state index in [1.54, 1.807) is 0 Å². The zero-order valence-corrected chi connectivity index (χ0v) is 20.0. The summed E-state index contributed by atoms with van der Waals surface area (Å²) in [4.78, 5) is 0. The maximum absolute atomic E-state index is 10.3. The summed E-state index contributed by atoms with van der Waals surface area (Å²) < 4.78 is 0. The Balaban J connectivity index is 1.50. The van der Waals surface area contributed by atoms with Gasteiger partial charge in [0, 0.05) is 6.04 Å². The van der Waals surface area contributed by atoms with Crippen molar-refractivity contribution in [1.82, 2.24) is 0 Å². The molecule has 0 bridgehead atoms. The van der Waals surface area contributed by atoms with Gasteiger partial charge in [0.2, 0.25) is 0 Å². The van der Waals surface area contributed by atoms with Crippen LogP contribution < -0.4 is 5.73 Å². The fraction of sp³-hybridized carbons (Fsp3) is 1.00. The third-order valence-corrected chi connectivity index (χ3v) is 10.9. The van der Waals surface area contributed by atoms with Gasteiger partial charge in [0.1, 0.15) is 0 Å². The van der Waals surface area contributed by atoms with Gasteiger partial charge in [-0.2, -0.15) is 0 Å². The Morgan fingerprint density at radius 2 is 1.55 bits per heavy atom. The summed E-state index contributed by atoms with van der Waals surface area (Å²) in [6.07, 6.45) is 14.3. The van der Waals surface area contributed by atoms with Crippen molar-refractivity contribution in [2.24, 2.45) is 58.0 Å². The van der Waals surface area contributed by atoms with Gasteiger partial charge >= 0.3 is 0 Å². The summed E-state index contributed by atoms with van der Waals surface area (Å²) in [5.41, 5.74) is 7.78. The molecule has 4 saturated carbocycles. The average molecular weight is 404 g/mol. The number of hydrogen-bond acceptors (Lipinski definition) is 2. The topological polar surface area (TPSA) is 46.2 Å². The first-order chi connectivity index (χ1) is 13.7. The number of aliphatic hydroxyl groups is 1. The van der Waals surface area contributed by atoms with Crippen LogP contribution in [0.5, 0.6) is 0 Å². The molecule has 2 heteroatoms. The molecule has 2 nitrogen and oxygen atoms in total. The van der Waals surface area contributed by atoms with Gasteiger partial charge in [-0.3, -0.25) is 0 Å². The van der Waals surface area contributed by atoms with Gasteiger partial charge in [0.25, 0.3) is 0 Å². The third-order valence-electron chi connectivity index (χ3n) is 10.9. The zero-order valence-electron chi connectivity index (χ0n) is 20.0. The van der Waals surface area contributed by atoms with Crippen molar-refractivity contribution in [3.8, 4) is 0 Å². The normalized spacial score (nSPS) is 50.7. The third kappa shape index (κ3) is 3.73. The van der Waals surface area contributed by atoms with Gasteiger partial charge < -0.3 is 10.8 Å². The number of aliphatic hydroxyl groups excluding tert-OH is 1. The molecule has 0 amide bonds. The highest BCUT2D eigenvalue weighted by molar-refractivity contribution is 5.12. The lowest BCUT2D eigenvalue weighted by Crippen LogP contribution is -2.60. The van der Waals surface area contributed by atoms with Crippen LogP contribution in [0.1, 0.15) is 105 Å². The second-order valence-electron chi connectivity index (χ2n) is 12.8. The van der Waals surface area contributed by atoms with E-state index in [2.05, 4.69) is 34.6 Å². The lowest BCUT2D eigenvalue weighted by Gasteiger charge is -2.62. The van der Waals surface area contributed by atoms with Crippen LogP contribution in [-0.2, 0) is 0 Å². The molecule has 10 atom stereocenters. The molecule has 0 saturated heterocycles. The molecular formula is C27H49NO. The minimum Gasteiger partial charge on any atom is -0.393 e. The van der Waals surface area contributed by atoms with Crippen molar-refractivity contribution in [1.29, 1.82) is 0 Å². The SMILES string of the molecule is CC(C)CCC[C@@H](C)[C@H]1CC[C@H]2[C@@H]3C[C@@H](N)[C@H]4C[C@@H](O)CC[C@]4(C)[C@H]3CC[C@]12C. The second kappa shape index (κ2) is 8.12. The summed E-state index contributed by atoms with van der Waals surface area (Å²) in [6, 6.07) is 0.307. The second-order valence-corrected chi connectivity index (χ2v) is 12.8. The maximum atomic E-state index is 10.3. The predicted octanol–water partition coefficient (Wildman–Crippen LogP) is 6.41. The van der Waals surface area contributed by atoms with Gasteiger partial charge in [-0.25, -0.2) is 0 Å². The minimum absolute atomic E-state index is 0.105. The van der Waals surface area contributed by atoms with Crippen molar-refractivity contribution in [3.63, 3.8) is 0 Å². The van der Waals surface area contributed by atoms with Crippen LogP contribution in [0.25, 0.3) is 0 Å². The molecule has 0 aromatic carbocycles. The molecule has 3 N–H and O–H groups in total. The van der Waals surface area contributed by atoms with Gasteiger partial charge in [-0.15, -0.1) is 0 Å². The standard InChI is InChI=1S/C27H49NO/c1-17(2)7-6-8-18(3)21-9-10-22-20-16-25(28)24-15-19(29)11-13-27(24,5)23(20)12-14-26(21,22)4/h17-25,29H,6-16,28H2,1-5H3/t18-,19+,20+,21-,22+,23+,24-,25-,26-,27-/m1/s1. The van der Waals surface area contributed by atoms with Crippen LogP contribution in [0.4, 0.5) is 0 Å². The lowest BCUT2D eigenvalue weighted by atomic mass is 9.43. The summed E-state index contributed by atoms with van der Waals surface area (Å²) in [6.45, 7) is 12.5. The fourth-order valence-corrected chi connectivity index (χ4v) is 9.41. The quantitative estimate of drug-likeness (QED) is 0.557. The van der Waals surface area contributed by atoms with E-state index in [9.17, 15) is 5.11 Å². The van der Waals surface area contributed by atoms with Gasteiger partial charge in [-0.1, -0.05) is 53.9 Å². The van der Waals surface area contributed by atoms with Gasteiger partial charge in [0.05, 0.1) is 6.10 Å². The highest BCUT2D eigenvalue weighted by Gasteiger charge is 2.61. The molecule has 0 radical (unpaired) electrons. The highest BCUT2D eigenvalue weighted by Crippen LogP contribution is 2.68. The molecule has 168 valence electrons. The van der Waals surface area contributed by atoms with Crippen LogP contribution in [0.2, 0.25) is 0 Å². The zero-order chi connectivity index (χ0) is 21.0. The van der Waals surface area contributed by atoms with E-state index in [0.717, 1.165) is 48.3 Å². The molecule has 4 rings (SSSR count). The lowest BCUT2D eigenvalue weighted by molar-refractivity contribution is -0.136. The Hall–Kier alpha value is -0.0800. The summed E-state index contributed by atoms with van der Waals surface area (Å²) >= 11 is 0. The molecule has 4 aliphatic rings. The van der Waals surface area contributed by atoms with E-state index < -0.39 is 0 Å². The van der Waals surface area contributed by atoms with Crippen LogP contribution >= 0.6 is 0 Å². The molecular weight excluding hydrogens is 354 g/mol. The van der Waals surface area contributed by atoms with Crippen molar-refractivity contribution < 1.29 is 5.11 Å². The number of nitrogens with two attached hydrogens (primary N) is 1. The monoisotopic (exact) mass is 403 g/mol. The molecule has 0 spiro atoms. The number of fused-ring (bicyclic) bond motifs is 5. The molecule has 0 unspecified atom stereocenters. The van der Waals surface area contributed by atoms with Crippen molar-refractivity contribution >= 4 is 0 Å². The fourth-order valence-electron chi connectivity index (χ4n) is 9.41. The Morgan fingerprint density at radius 1 is 0.862 bits per heavy atom. The molecule has 4 fully saturated rings. The van der Waals surface area contributed by atoms with E-state index >= 15 is 0 Å². The van der Waals surface area contributed by atoms with Crippen molar-refractivity contribution in [2.75, 3.05) is 0 Å². The summed E-state index contributed by atoms with van der Waals surface area (Å²) in [5, 5.41) is 10.3. The average Bonchev–Trinajstić information content (AvgIpc) is 3.00. The largest absolute Gasteiger partial charge is 0.393 e. The Kier molecular flexibility index (Phi) is 6.19. The molecule has 0 aliphatic heterocycles. The van der Waals surface area contributed by atoms with E-state index in [0.29, 0.717) is 22.8 Å². The first kappa shape index (κ1) is 22.1. The number of hydrogen-bond donors (Lipinski definition) is 2.